The van der Waals surface area contributed by atoms with E-state index in [1.54, 1.807) is 29.2 Å². The van der Waals surface area contributed by atoms with Crippen LogP contribution in [0.5, 0.6) is 0 Å². The number of pyridine rings is 1. The van der Waals surface area contributed by atoms with Crippen molar-refractivity contribution in [1.82, 2.24) is 14.8 Å². The maximum Gasteiger partial charge on any atom is 0.357 e. The fourth-order valence-corrected chi connectivity index (χ4v) is 1.92. The number of hydrogen-bond donors (Lipinski definition) is 1. The Balaban J connectivity index is 2.60. The minimum absolute atomic E-state index is 0.0786. The van der Waals surface area contributed by atoms with E-state index >= 15 is 0 Å². The summed E-state index contributed by atoms with van der Waals surface area (Å²) in [5, 5.41) is 13.0. The third-order valence-corrected chi connectivity index (χ3v) is 3.44. The summed E-state index contributed by atoms with van der Waals surface area (Å²) in [4.78, 5) is 14.8. The van der Waals surface area contributed by atoms with E-state index in [1.807, 2.05) is 29.5 Å². The molecule has 0 aliphatic carbocycles. The molecule has 0 saturated heterocycles. The highest BCUT2D eigenvalue weighted by Crippen LogP contribution is 2.19. The van der Waals surface area contributed by atoms with Crippen LogP contribution >= 0.6 is 22.6 Å². The van der Waals surface area contributed by atoms with Gasteiger partial charge < -0.3 is 5.11 Å². The zero-order valence-corrected chi connectivity index (χ0v) is 10.5. The van der Waals surface area contributed by atoms with Crippen molar-refractivity contribution in [3.05, 3.63) is 39.5 Å². The summed E-state index contributed by atoms with van der Waals surface area (Å²) in [5.74, 6) is -1.01. The van der Waals surface area contributed by atoms with Gasteiger partial charge in [0.2, 0.25) is 0 Å². The molecule has 0 bridgehead atoms. The number of carboxylic acids is 1. The predicted molar refractivity (Wildman–Crippen MR) is 65.8 cm³/mol. The molecule has 2 rings (SSSR count). The second-order valence-electron chi connectivity index (χ2n) is 3.17. The maximum absolute atomic E-state index is 10.9. The van der Waals surface area contributed by atoms with E-state index in [-0.39, 0.29) is 5.69 Å². The van der Waals surface area contributed by atoms with Gasteiger partial charge in [0.1, 0.15) is 0 Å². The second-order valence-corrected chi connectivity index (χ2v) is 4.25. The van der Waals surface area contributed by atoms with Crippen molar-refractivity contribution in [3.8, 4) is 5.69 Å². The molecular weight excluding hydrogens is 321 g/mol. The number of carbonyl (C=O) groups is 1. The Morgan fingerprint density at radius 1 is 1.44 bits per heavy atom. The largest absolute Gasteiger partial charge is 0.476 e. The molecule has 2 aromatic heterocycles. The zero-order chi connectivity index (χ0) is 11.7. The number of halogens is 1. The lowest BCUT2D eigenvalue weighted by atomic mass is 10.3. The van der Waals surface area contributed by atoms with Gasteiger partial charge >= 0.3 is 5.97 Å². The first-order valence-electron chi connectivity index (χ1n) is 4.50. The smallest absolute Gasteiger partial charge is 0.357 e. The lowest BCUT2D eigenvalue weighted by Gasteiger charge is -2.02. The first-order chi connectivity index (χ1) is 7.61. The average molecular weight is 329 g/mol. The van der Waals surface area contributed by atoms with Gasteiger partial charge in [-0.15, -0.1) is 0 Å². The first kappa shape index (κ1) is 11.1. The molecule has 2 aromatic rings. The van der Waals surface area contributed by atoms with Crippen LogP contribution < -0.4 is 0 Å². The van der Waals surface area contributed by atoms with E-state index in [2.05, 4.69) is 10.1 Å². The minimum Gasteiger partial charge on any atom is -0.476 e. The van der Waals surface area contributed by atoms with E-state index in [0.29, 0.717) is 3.57 Å². The van der Waals surface area contributed by atoms with Crippen molar-refractivity contribution >= 4 is 28.6 Å². The molecule has 0 atom stereocenters. The molecule has 0 spiro atoms. The van der Waals surface area contributed by atoms with Crippen LogP contribution in [0.4, 0.5) is 0 Å². The number of hydrogen-bond acceptors (Lipinski definition) is 3. The number of nitrogens with zero attached hydrogens (tertiary/aromatic N) is 3. The Bertz CT molecular complexity index is 536. The Kier molecular flexibility index (Phi) is 2.90. The van der Waals surface area contributed by atoms with Crippen molar-refractivity contribution in [1.29, 1.82) is 0 Å². The molecule has 0 radical (unpaired) electrons. The molecule has 0 aliphatic rings. The SMILES string of the molecule is Cc1c(I)c(C(=O)O)nn1-c1ccncc1. The Hall–Kier alpha value is -1.44. The predicted octanol–water partition coefficient (Wildman–Crippen LogP) is 1.88. The molecule has 5 nitrogen and oxygen atoms in total. The van der Waals surface area contributed by atoms with Crippen molar-refractivity contribution < 1.29 is 9.90 Å². The number of rotatable bonds is 2. The molecule has 82 valence electrons. The monoisotopic (exact) mass is 329 g/mol. The highest BCUT2D eigenvalue weighted by Gasteiger charge is 2.18. The van der Waals surface area contributed by atoms with Crippen LogP contribution in [0, 0.1) is 10.5 Å². The van der Waals surface area contributed by atoms with E-state index in [4.69, 9.17) is 5.11 Å². The van der Waals surface area contributed by atoms with E-state index in [9.17, 15) is 4.79 Å². The summed E-state index contributed by atoms with van der Waals surface area (Å²) < 4.78 is 2.26. The fourth-order valence-electron chi connectivity index (χ4n) is 1.36. The quantitative estimate of drug-likeness (QED) is 0.855. The highest BCUT2D eigenvalue weighted by atomic mass is 127. The lowest BCUT2D eigenvalue weighted by molar-refractivity contribution is 0.0689. The molecule has 0 amide bonds. The van der Waals surface area contributed by atoms with Gasteiger partial charge in [-0.05, 0) is 41.6 Å². The maximum atomic E-state index is 10.9. The standard InChI is InChI=1S/C10H8IN3O2/c1-6-8(11)9(10(15)16)13-14(6)7-2-4-12-5-3-7/h2-5H,1H3,(H,15,16). The molecule has 6 heteroatoms. The normalized spacial score (nSPS) is 10.4. The van der Waals surface area contributed by atoms with Crippen molar-refractivity contribution in [2.75, 3.05) is 0 Å². The topological polar surface area (TPSA) is 68.0 Å². The van der Waals surface area contributed by atoms with Crippen LogP contribution in [0.3, 0.4) is 0 Å². The number of carboxylic acid groups (broad SMARTS) is 1. The third kappa shape index (κ3) is 1.80. The molecular formula is C10H8IN3O2. The fraction of sp³-hybridized carbons (Fsp3) is 0.100. The molecule has 1 N–H and O–H groups in total. The van der Waals surface area contributed by atoms with Crippen molar-refractivity contribution in [3.63, 3.8) is 0 Å². The lowest BCUT2D eigenvalue weighted by Crippen LogP contribution is -2.02. The van der Waals surface area contributed by atoms with Crippen LogP contribution in [-0.4, -0.2) is 25.8 Å². The second kappa shape index (κ2) is 4.20. The van der Waals surface area contributed by atoms with Gasteiger partial charge in [-0.1, -0.05) is 0 Å². The molecule has 0 aliphatic heterocycles. The Labute approximate surface area is 105 Å². The van der Waals surface area contributed by atoms with Gasteiger partial charge in [-0.3, -0.25) is 4.98 Å². The van der Waals surface area contributed by atoms with Crippen LogP contribution in [0.2, 0.25) is 0 Å². The van der Waals surface area contributed by atoms with Crippen molar-refractivity contribution in [2.24, 2.45) is 0 Å². The molecule has 16 heavy (non-hydrogen) atoms. The third-order valence-electron chi connectivity index (χ3n) is 2.15. The minimum atomic E-state index is -1.01. The van der Waals surface area contributed by atoms with Crippen LogP contribution in [0.25, 0.3) is 5.69 Å². The van der Waals surface area contributed by atoms with Crippen LogP contribution in [0.15, 0.2) is 24.5 Å². The van der Waals surface area contributed by atoms with Crippen LogP contribution in [-0.2, 0) is 0 Å². The van der Waals surface area contributed by atoms with Gasteiger partial charge in [-0.2, -0.15) is 5.10 Å². The van der Waals surface area contributed by atoms with Gasteiger partial charge in [0.05, 0.1) is 15.0 Å². The van der Waals surface area contributed by atoms with Crippen LogP contribution in [0.1, 0.15) is 16.2 Å². The van der Waals surface area contributed by atoms with Gasteiger partial charge in [0.15, 0.2) is 5.69 Å². The molecule has 0 aromatic carbocycles. The molecule has 0 fully saturated rings. The van der Waals surface area contributed by atoms with E-state index in [1.165, 1.54) is 0 Å². The number of aromatic carboxylic acids is 1. The van der Waals surface area contributed by atoms with Gasteiger partial charge in [-0.25, -0.2) is 9.48 Å². The summed E-state index contributed by atoms with van der Waals surface area (Å²) in [6.45, 7) is 1.83. The van der Waals surface area contributed by atoms with E-state index < -0.39 is 5.97 Å². The molecule has 0 saturated carbocycles. The zero-order valence-electron chi connectivity index (χ0n) is 8.38. The highest BCUT2D eigenvalue weighted by molar-refractivity contribution is 14.1. The van der Waals surface area contributed by atoms with E-state index in [0.717, 1.165) is 11.4 Å². The average Bonchev–Trinajstić information content (AvgIpc) is 2.58. The van der Waals surface area contributed by atoms with Gasteiger partial charge in [0, 0.05) is 12.4 Å². The Morgan fingerprint density at radius 2 is 2.06 bits per heavy atom. The summed E-state index contributed by atoms with van der Waals surface area (Å²) in [5.41, 5.74) is 1.69. The summed E-state index contributed by atoms with van der Waals surface area (Å²) in [7, 11) is 0. The number of aromatic nitrogens is 3. The Morgan fingerprint density at radius 3 is 2.56 bits per heavy atom. The van der Waals surface area contributed by atoms with Crippen molar-refractivity contribution in [2.45, 2.75) is 6.92 Å². The first-order valence-corrected chi connectivity index (χ1v) is 5.58. The summed E-state index contributed by atoms with van der Waals surface area (Å²) in [6, 6.07) is 3.56. The molecule has 0 unspecified atom stereocenters. The molecule has 2 heterocycles. The van der Waals surface area contributed by atoms with Gasteiger partial charge in [0.25, 0.3) is 0 Å². The summed E-state index contributed by atoms with van der Waals surface area (Å²) >= 11 is 1.99. The summed E-state index contributed by atoms with van der Waals surface area (Å²) in [6.07, 6.45) is 3.29.